The molecule has 4 unspecified atom stereocenters. The van der Waals surface area contributed by atoms with Crippen molar-refractivity contribution in [3.63, 3.8) is 0 Å². The van der Waals surface area contributed by atoms with Crippen molar-refractivity contribution in [1.82, 2.24) is 19.8 Å². The third-order valence-corrected chi connectivity index (χ3v) is 5.49. The summed E-state index contributed by atoms with van der Waals surface area (Å²) in [5.41, 5.74) is 0. The fourth-order valence-corrected chi connectivity index (χ4v) is 4.54. The van der Waals surface area contributed by atoms with Crippen LogP contribution < -0.4 is 0 Å². The first-order valence-corrected chi connectivity index (χ1v) is 7.16. The Balaban J connectivity index is 1.47. The van der Waals surface area contributed by atoms with E-state index in [1.807, 2.05) is 0 Å². The van der Waals surface area contributed by atoms with Gasteiger partial charge in [0.2, 0.25) is 0 Å². The molecule has 4 heteroatoms. The molecule has 4 bridgehead atoms. The van der Waals surface area contributed by atoms with Gasteiger partial charge in [0.15, 0.2) is 0 Å². The van der Waals surface area contributed by atoms with Crippen molar-refractivity contribution in [2.24, 2.45) is 0 Å². The molecule has 0 amide bonds. The van der Waals surface area contributed by atoms with Gasteiger partial charge >= 0.3 is 0 Å². The van der Waals surface area contributed by atoms with Crippen molar-refractivity contribution in [2.75, 3.05) is 40.3 Å². The second-order valence-corrected chi connectivity index (χ2v) is 6.57. The lowest BCUT2D eigenvalue weighted by Gasteiger charge is -2.61. The number of nitrogens with zero attached hydrogens (tertiary/aromatic N) is 4. The molecule has 96 valence electrons. The normalized spacial score (nSPS) is 48.4. The van der Waals surface area contributed by atoms with E-state index in [9.17, 15) is 0 Å². The van der Waals surface area contributed by atoms with Gasteiger partial charge in [-0.05, 0) is 33.4 Å². The molecule has 0 aromatic carbocycles. The quantitative estimate of drug-likeness (QED) is 0.638. The molecule has 4 atom stereocenters. The van der Waals surface area contributed by atoms with E-state index in [4.69, 9.17) is 0 Å². The highest BCUT2D eigenvalue weighted by Gasteiger charge is 2.49. The summed E-state index contributed by atoms with van der Waals surface area (Å²) in [4.78, 5) is 5.12. The number of piperidine rings is 1. The zero-order valence-corrected chi connectivity index (χ0v) is 11.0. The Hall–Kier alpha value is -0.160. The summed E-state index contributed by atoms with van der Waals surface area (Å²) in [6.45, 7) is 5.11. The van der Waals surface area contributed by atoms with Gasteiger partial charge in [0.05, 0.1) is 0 Å². The molecule has 0 saturated carbocycles. The molecule has 0 aliphatic carbocycles. The van der Waals surface area contributed by atoms with E-state index in [2.05, 4.69) is 33.9 Å². The van der Waals surface area contributed by atoms with Gasteiger partial charge in [0.1, 0.15) is 0 Å². The molecule has 17 heavy (non-hydrogen) atoms. The van der Waals surface area contributed by atoms with Gasteiger partial charge in [-0.15, -0.1) is 0 Å². The van der Waals surface area contributed by atoms with Gasteiger partial charge in [-0.3, -0.25) is 4.90 Å². The second kappa shape index (κ2) is 3.67. The van der Waals surface area contributed by atoms with Crippen LogP contribution in [-0.4, -0.2) is 84.3 Å². The van der Waals surface area contributed by atoms with E-state index in [1.165, 1.54) is 45.4 Å². The molecular weight excluding hydrogens is 212 g/mol. The molecule has 5 fully saturated rings. The summed E-state index contributed by atoms with van der Waals surface area (Å²) in [7, 11) is 4.59. The minimum atomic E-state index is 0.821. The van der Waals surface area contributed by atoms with Crippen molar-refractivity contribution >= 4 is 0 Å². The summed E-state index contributed by atoms with van der Waals surface area (Å²) in [5.74, 6) is 0. The van der Waals surface area contributed by atoms with Crippen LogP contribution in [0.5, 0.6) is 0 Å². The van der Waals surface area contributed by atoms with Crippen LogP contribution in [0.2, 0.25) is 0 Å². The van der Waals surface area contributed by atoms with Crippen LogP contribution in [0.4, 0.5) is 0 Å². The zero-order valence-electron chi connectivity index (χ0n) is 11.0. The van der Waals surface area contributed by atoms with E-state index >= 15 is 0 Å². The Kier molecular flexibility index (Phi) is 2.32. The molecule has 5 rings (SSSR count). The van der Waals surface area contributed by atoms with Crippen LogP contribution in [-0.2, 0) is 0 Å². The van der Waals surface area contributed by atoms with Crippen molar-refractivity contribution in [3.05, 3.63) is 0 Å². The van der Waals surface area contributed by atoms with E-state index < -0.39 is 0 Å². The average molecular weight is 236 g/mol. The molecule has 0 radical (unpaired) electrons. The van der Waals surface area contributed by atoms with Crippen LogP contribution in [0.15, 0.2) is 0 Å². The Morgan fingerprint density at radius 2 is 1.35 bits per heavy atom. The molecule has 5 aliphatic rings. The number of fused-ring (bicyclic) bond motifs is 4. The highest BCUT2D eigenvalue weighted by molar-refractivity contribution is 5.02. The van der Waals surface area contributed by atoms with E-state index in [1.54, 1.807) is 0 Å². The van der Waals surface area contributed by atoms with Gasteiger partial charge in [0.25, 0.3) is 0 Å². The van der Waals surface area contributed by atoms with Gasteiger partial charge in [-0.25, -0.2) is 10.0 Å². The Morgan fingerprint density at radius 3 is 1.94 bits per heavy atom. The van der Waals surface area contributed by atoms with Crippen LogP contribution in [0.1, 0.15) is 19.3 Å². The highest BCUT2D eigenvalue weighted by Crippen LogP contribution is 2.37. The Bertz CT molecular complexity index is 295. The predicted molar refractivity (Wildman–Crippen MR) is 67.7 cm³/mol. The van der Waals surface area contributed by atoms with Crippen molar-refractivity contribution in [1.29, 1.82) is 0 Å². The van der Waals surface area contributed by atoms with E-state index in [0.29, 0.717) is 0 Å². The Labute approximate surface area is 104 Å². The third kappa shape index (κ3) is 1.51. The fraction of sp³-hybridized carbons (Fsp3) is 1.00. The summed E-state index contributed by atoms with van der Waals surface area (Å²) in [6.07, 6.45) is 4.27. The first-order valence-electron chi connectivity index (χ1n) is 7.16. The standard InChI is InChI=1S/C13H24N4/c1-14-6-12-5-13(7-14)17(12)16-8-10-3-4-11(9-16)15(10)2/h10-13H,3-9H2,1-2H3. The monoisotopic (exact) mass is 236 g/mol. The average Bonchev–Trinajstić information content (AvgIpc) is 2.51. The number of hydrogen-bond acceptors (Lipinski definition) is 4. The number of likely N-dealkylation sites (N-methyl/N-ethyl adjacent to an activating group) is 2. The minimum Gasteiger partial charge on any atom is -0.303 e. The summed E-state index contributed by atoms with van der Waals surface area (Å²) in [6, 6.07) is 3.30. The summed E-state index contributed by atoms with van der Waals surface area (Å²) < 4.78 is 0. The molecule has 0 aromatic rings. The summed E-state index contributed by atoms with van der Waals surface area (Å²) >= 11 is 0. The molecule has 0 aromatic heterocycles. The van der Waals surface area contributed by atoms with Crippen molar-refractivity contribution in [3.8, 4) is 0 Å². The lowest BCUT2D eigenvalue weighted by atomic mass is 9.89. The van der Waals surface area contributed by atoms with Gasteiger partial charge < -0.3 is 4.90 Å². The maximum absolute atomic E-state index is 2.73. The maximum atomic E-state index is 2.73. The van der Waals surface area contributed by atoms with E-state index in [-0.39, 0.29) is 0 Å². The molecular formula is C13H24N4. The number of hydrazine groups is 1. The molecule has 4 nitrogen and oxygen atoms in total. The molecule has 5 aliphatic heterocycles. The lowest BCUT2D eigenvalue weighted by Crippen LogP contribution is -2.74. The number of piperazine rings is 2. The van der Waals surface area contributed by atoms with Crippen LogP contribution in [0, 0.1) is 0 Å². The fourth-order valence-electron chi connectivity index (χ4n) is 4.54. The molecule has 0 spiro atoms. The lowest BCUT2D eigenvalue weighted by molar-refractivity contribution is -0.213. The van der Waals surface area contributed by atoms with Crippen molar-refractivity contribution < 1.29 is 0 Å². The largest absolute Gasteiger partial charge is 0.303 e. The predicted octanol–water partition coefficient (Wildman–Crippen LogP) is 0.0681. The van der Waals surface area contributed by atoms with Crippen LogP contribution in [0.3, 0.4) is 0 Å². The van der Waals surface area contributed by atoms with Crippen molar-refractivity contribution in [2.45, 2.75) is 43.4 Å². The molecule has 0 N–H and O–H groups in total. The van der Waals surface area contributed by atoms with Gasteiger partial charge in [-0.2, -0.15) is 0 Å². The number of hydrogen-bond donors (Lipinski definition) is 0. The molecule has 5 saturated heterocycles. The maximum Gasteiger partial charge on any atom is 0.0392 e. The first-order chi connectivity index (χ1) is 8.22. The van der Waals surface area contributed by atoms with E-state index in [0.717, 1.165) is 24.2 Å². The zero-order chi connectivity index (χ0) is 11.6. The molecule has 5 heterocycles. The third-order valence-electron chi connectivity index (χ3n) is 5.49. The smallest absolute Gasteiger partial charge is 0.0392 e. The number of rotatable bonds is 1. The Morgan fingerprint density at radius 1 is 0.765 bits per heavy atom. The highest BCUT2D eigenvalue weighted by atomic mass is 15.7. The van der Waals surface area contributed by atoms with Crippen LogP contribution in [0.25, 0.3) is 0 Å². The van der Waals surface area contributed by atoms with Crippen LogP contribution >= 0.6 is 0 Å². The second-order valence-electron chi connectivity index (χ2n) is 6.57. The summed E-state index contributed by atoms with van der Waals surface area (Å²) in [5, 5.41) is 5.44. The SMILES string of the molecule is CN1CC2CC(C1)N2N1CC2CCC(C1)N2C. The van der Waals surface area contributed by atoms with Gasteiger partial charge in [0, 0.05) is 50.3 Å². The van der Waals surface area contributed by atoms with Gasteiger partial charge in [-0.1, -0.05) is 0 Å². The first kappa shape index (κ1) is 10.7. The minimum absolute atomic E-state index is 0.821. The topological polar surface area (TPSA) is 13.0 Å².